The van der Waals surface area contributed by atoms with E-state index in [0.717, 1.165) is 12.0 Å². The van der Waals surface area contributed by atoms with Crippen LogP contribution < -0.4 is 10.2 Å². The van der Waals surface area contributed by atoms with Gasteiger partial charge in [-0.15, -0.1) is 0 Å². The Balaban J connectivity index is 2.53. The average molecular weight is 384 g/mol. The molecule has 0 aliphatic carbocycles. The SMILES string of the molecule is CCCNC(=O)c1ccc(N2C=CC=CC(C(=O)OC)=C2C(=O)OC)c(C)c1. The number of anilines is 1. The molecule has 0 unspecified atom stereocenters. The maximum absolute atomic E-state index is 12.5. The summed E-state index contributed by atoms with van der Waals surface area (Å²) >= 11 is 0. The van der Waals surface area contributed by atoms with Gasteiger partial charge in [-0.3, -0.25) is 4.79 Å². The van der Waals surface area contributed by atoms with Crippen LogP contribution in [-0.4, -0.2) is 38.6 Å². The lowest BCUT2D eigenvalue weighted by molar-refractivity contribution is -0.139. The molecule has 0 saturated heterocycles. The lowest BCUT2D eigenvalue weighted by atomic mass is 10.1. The van der Waals surface area contributed by atoms with Crippen molar-refractivity contribution in [2.45, 2.75) is 20.3 Å². The lowest BCUT2D eigenvalue weighted by Crippen LogP contribution is -2.28. The number of hydrogen-bond acceptors (Lipinski definition) is 6. The quantitative estimate of drug-likeness (QED) is 0.759. The Morgan fingerprint density at radius 1 is 1.07 bits per heavy atom. The number of ether oxygens (including phenoxy) is 2. The number of allylic oxidation sites excluding steroid dienone is 2. The number of nitrogens with zero attached hydrogens (tertiary/aromatic N) is 1. The van der Waals surface area contributed by atoms with E-state index in [2.05, 4.69) is 5.32 Å². The van der Waals surface area contributed by atoms with Crippen LogP contribution in [0.2, 0.25) is 0 Å². The fourth-order valence-electron chi connectivity index (χ4n) is 2.76. The van der Waals surface area contributed by atoms with Crippen LogP contribution in [0.4, 0.5) is 5.69 Å². The predicted molar refractivity (Wildman–Crippen MR) is 106 cm³/mol. The second-order valence-corrected chi connectivity index (χ2v) is 6.07. The molecule has 0 fully saturated rings. The summed E-state index contributed by atoms with van der Waals surface area (Å²) in [5.41, 5.74) is 2.01. The Hall–Kier alpha value is -3.35. The summed E-state index contributed by atoms with van der Waals surface area (Å²) in [6, 6.07) is 5.13. The smallest absolute Gasteiger partial charge is 0.355 e. The Bertz CT molecular complexity index is 868. The highest BCUT2D eigenvalue weighted by molar-refractivity contribution is 6.05. The van der Waals surface area contributed by atoms with Gasteiger partial charge in [0, 0.05) is 24.0 Å². The average Bonchev–Trinajstić information content (AvgIpc) is 2.93. The van der Waals surface area contributed by atoms with Gasteiger partial charge in [-0.05, 0) is 49.3 Å². The number of carbonyl (C=O) groups is 3. The molecule has 0 atom stereocenters. The number of esters is 2. The van der Waals surface area contributed by atoms with E-state index in [0.29, 0.717) is 17.8 Å². The van der Waals surface area contributed by atoms with Gasteiger partial charge in [-0.2, -0.15) is 0 Å². The molecular formula is C21H24N2O5. The number of carbonyl (C=O) groups excluding carboxylic acids is 3. The van der Waals surface area contributed by atoms with Gasteiger partial charge in [0.05, 0.1) is 19.8 Å². The highest BCUT2D eigenvalue weighted by Crippen LogP contribution is 2.29. The van der Waals surface area contributed by atoms with Gasteiger partial charge in [-0.1, -0.05) is 13.0 Å². The van der Waals surface area contributed by atoms with Gasteiger partial charge in [0.2, 0.25) is 0 Å². The monoisotopic (exact) mass is 384 g/mol. The van der Waals surface area contributed by atoms with Crippen molar-refractivity contribution in [3.8, 4) is 0 Å². The fourth-order valence-corrected chi connectivity index (χ4v) is 2.76. The van der Waals surface area contributed by atoms with E-state index in [1.54, 1.807) is 41.5 Å². The minimum atomic E-state index is -0.680. The zero-order valence-corrected chi connectivity index (χ0v) is 16.4. The first-order chi connectivity index (χ1) is 13.4. The zero-order valence-electron chi connectivity index (χ0n) is 16.4. The zero-order chi connectivity index (χ0) is 20.7. The summed E-state index contributed by atoms with van der Waals surface area (Å²) in [5.74, 6) is -1.50. The number of nitrogens with one attached hydrogen (secondary N) is 1. The van der Waals surface area contributed by atoms with E-state index in [1.165, 1.54) is 20.3 Å². The van der Waals surface area contributed by atoms with Crippen LogP contribution in [-0.2, 0) is 19.1 Å². The first-order valence-corrected chi connectivity index (χ1v) is 8.88. The normalized spacial score (nSPS) is 13.2. The molecule has 1 aromatic carbocycles. The molecule has 0 saturated carbocycles. The minimum absolute atomic E-state index is 0.0330. The van der Waals surface area contributed by atoms with Gasteiger partial charge in [0.15, 0.2) is 0 Å². The van der Waals surface area contributed by atoms with E-state index in [-0.39, 0.29) is 17.2 Å². The maximum Gasteiger partial charge on any atom is 0.355 e. The largest absolute Gasteiger partial charge is 0.465 e. The van der Waals surface area contributed by atoms with Crippen molar-refractivity contribution in [1.29, 1.82) is 0 Å². The maximum atomic E-state index is 12.5. The van der Waals surface area contributed by atoms with E-state index in [4.69, 9.17) is 9.47 Å². The molecule has 0 bridgehead atoms. The number of methoxy groups -OCH3 is 2. The molecule has 1 aliphatic heterocycles. The molecule has 0 spiro atoms. The Morgan fingerprint density at radius 2 is 1.79 bits per heavy atom. The van der Waals surface area contributed by atoms with Crippen LogP contribution >= 0.6 is 0 Å². The summed E-state index contributed by atoms with van der Waals surface area (Å²) in [4.78, 5) is 38.4. The van der Waals surface area contributed by atoms with Gasteiger partial charge in [0.25, 0.3) is 5.91 Å². The predicted octanol–water partition coefficient (Wildman–Crippen LogP) is 2.62. The number of hydrogen-bond donors (Lipinski definition) is 1. The van der Waals surface area contributed by atoms with Crippen LogP contribution in [0.5, 0.6) is 0 Å². The second kappa shape index (κ2) is 9.55. The van der Waals surface area contributed by atoms with Gasteiger partial charge in [0.1, 0.15) is 5.70 Å². The van der Waals surface area contributed by atoms with Crippen molar-refractivity contribution in [3.05, 3.63) is 65.0 Å². The molecule has 1 heterocycles. The van der Waals surface area contributed by atoms with E-state index < -0.39 is 11.9 Å². The second-order valence-electron chi connectivity index (χ2n) is 6.07. The first kappa shape index (κ1) is 21.0. The van der Waals surface area contributed by atoms with Crippen molar-refractivity contribution in [3.63, 3.8) is 0 Å². The van der Waals surface area contributed by atoms with Crippen LogP contribution in [0, 0.1) is 6.92 Å². The molecule has 0 radical (unpaired) electrons. The number of rotatable bonds is 6. The van der Waals surface area contributed by atoms with Crippen LogP contribution in [0.1, 0.15) is 29.3 Å². The van der Waals surface area contributed by atoms with Crippen molar-refractivity contribution < 1.29 is 23.9 Å². The molecule has 2 rings (SSSR count). The third-order valence-electron chi connectivity index (χ3n) is 4.14. The number of benzene rings is 1. The summed E-state index contributed by atoms with van der Waals surface area (Å²) in [5, 5.41) is 2.83. The third kappa shape index (κ3) is 4.49. The Labute approximate surface area is 164 Å². The highest BCUT2D eigenvalue weighted by atomic mass is 16.5. The molecule has 0 aromatic heterocycles. The van der Waals surface area contributed by atoms with Crippen LogP contribution in [0.15, 0.2) is 53.9 Å². The van der Waals surface area contributed by atoms with Crippen LogP contribution in [0.3, 0.4) is 0 Å². The molecule has 1 aromatic rings. The molecule has 7 nitrogen and oxygen atoms in total. The van der Waals surface area contributed by atoms with E-state index in [9.17, 15) is 14.4 Å². The molecule has 1 aliphatic rings. The summed E-state index contributed by atoms with van der Waals surface area (Å²) in [7, 11) is 2.49. The summed E-state index contributed by atoms with van der Waals surface area (Å²) in [6.45, 7) is 4.40. The molecule has 1 amide bonds. The third-order valence-corrected chi connectivity index (χ3v) is 4.14. The van der Waals surface area contributed by atoms with Crippen LogP contribution in [0.25, 0.3) is 0 Å². The minimum Gasteiger partial charge on any atom is -0.465 e. The van der Waals surface area contributed by atoms with Crippen molar-refractivity contribution in [1.82, 2.24) is 5.32 Å². The van der Waals surface area contributed by atoms with E-state index >= 15 is 0 Å². The molecule has 1 N–H and O–H groups in total. The van der Waals surface area contributed by atoms with Crippen molar-refractivity contribution in [2.24, 2.45) is 0 Å². The summed E-state index contributed by atoms with van der Waals surface area (Å²) < 4.78 is 9.70. The van der Waals surface area contributed by atoms with Crippen molar-refractivity contribution >= 4 is 23.5 Å². The molecule has 148 valence electrons. The number of aryl methyl sites for hydroxylation is 1. The summed E-state index contributed by atoms with van der Waals surface area (Å²) in [6.07, 6.45) is 7.32. The Kier molecular flexibility index (Phi) is 7.14. The molecular weight excluding hydrogens is 360 g/mol. The van der Waals surface area contributed by atoms with E-state index in [1.807, 2.05) is 13.8 Å². The lowest BCUT2D eigenvalue weighted by Gasteiger charge is -2.25. The van der Waals surface area contributed by atoms with Gasteiger partial charge in [-0.25, -0.2) is 9.59 Å². The molecule has 7 heteroatoms. The van der Waals surface area contributed by atoms with Gasteiger partial charge >= 0.3 is 11.9 Å². The van der Waals surface area contributed by atoms with Gasteiger partial charge < -0.3 is 19.7 Å². The molecule has 28 heavy (non-hydrogen) atoms. The topological polar surface area (TPSA) is 84.9 Å². The first-order valence-electron chi connectivity index (χ1n) is 8.88. The highest BCUT2D eigenvalue weighted by Gasteiger charge is 2.28. The van der Waals surface area contributed by atoms with Crippen molar-refractivity contribution in [2.75, 3.05) is 25.7 Å². The fraction of sp³-hybridized carbons (Fsp3) is 0.286. The number of amides is 1. The Morgan fingerprint density at radius 3 is 2.39 bits per heavy atom. The standard InChI is InChI=1S/C21H24N2O5/c1-5-11-22-19(24)15-9-10-17(14(2)13-15)23-12-7-6-8-16(20(25)27-3)18(23)21(26)28-4/h6-10,12-13H,5,11H2,1-4H3,(H,22,24).